The highest BCUT2D eigenvalue weighted by Crippen LogP contribution is 2.30. The predicted octanol–water partition coefficient (Wildman–Crippen LogP) is 3.92. The smallest absolute Gasteiger partial charge is 0.291 e. The molecule has 3 rings (SSSR count). The highest BCUT2D eigenvalue weighted by atomic mass is 127. The van der Waals surface area contributed by atoms with Crippen LogP contribution in [0.25, 0.3) is 0 Å². The zero-order valence-corrected chi connectivity index (χ0v) is 18.0. The molecule has 1 atom stereocenters. The minimum atomic E-state index is -0.177. The molecule has 1 saturated carbocycles. The second-order valence-corrected chi connectivity index (χ2v) is 9.24. The third-order valence-electron chi connectivity index (χ3n) is 5.51. The highest BCUT2D eigenvalue weighted by Gasteiger charge is 2.29. The van der Waals surface area contributed by atoms with Gasteiger partial charge >= 0.3 is 0 Å². The zero-order valence-electron chi connectivity index (χ0n) is 14.0. The molecular weight excluding hydrogens is 458 g/mol. The van der Waals surface area contributed by atoms with Crippen molar-refractivity contribution in [3.05, 3.63) is 21.6 Å². The van der Waals surface area contributed by atoms with E-state index in [1.807, 2.05) is 0 Å². The molecule has 0 N–H and O–H groups in total. The Kier molecular flexibility index (Phi) is 6.80. The van der Waals surface area contributed by atoms with Crippen molar-refractivity contribution in [2.24, 2.45) is 0 Å². The van der Waals surface area contributed by atoms with Crippen LogP contribution in [0.2, 0.25) is 5.02 Å². The SMILES string of the molecule is CN(C1CCCCC1)C1CCN(c2cnn(PI)c(=O)c2Cl)CC1. The lowest BCUT2D eigenvalue weighted by atomic mass is 9.92. The van der Waals surface area contributed by atoms with E-state index in [-0.39, 0.29) is 11.9 Å². The molecule has 8 heteroatoms. The Hall–Kier alpha value is 0.0900. The van der Waals surface area contributed by atoms with E-state index in [2.05, 4.69) is 44.0 Å². The molecule has 2 heterocycles. The number of nitrogens with zero attached hydrogens (tertiary/aromatic N) is 4. The summed E-state index contributed by atoms with van der Waals surface area (Å²) >= 11 is 8.45. The largest absolute Gasteiger partial charge is 0.369 e. The lowest BCUT2D eigenvalue weighted by molar-refractivity contribution is 0.119. The Morgan fingerprint density at radius 1 is 1.21 bits per heavy atom. The summed E-state index contributed by atoms with van der Waals surface area (Å²) in [7, 11) is 2.30. The molecule has 1 aromatic heterocycles. The van der Waals surface area contributed by atoms with Gasteiger partial charge in [0.15, 0.2) is 0 Å². The minimum absolute atomic E-state index is 0.177. The summed E-state index contributed by atoms with van der Waals surface area (Å²) in [6.45, 7) is 1.89. The number of hydrogen-bond acceptors (Lipinski definition) is 4. The van der Waals surface area contributed by atoms with Gasteiger partial charge in [-0.1, -0.05) is 30.9 Å². The van der Waals surface area contributed by atoms with Gasteiger partial charge in [-0.15, -0.1) is 0 Å². The van der Waals surface area contributed by atoms with Crippen LogP contribution in [-0.4, -0.2) is 46.7 Å². The van der Waals surface area contributed by atoms with Crippen molar-refractivity contribution in [2.45, 2.75) is 57.0 Å². The van der Waals surface area contributed by atoms with Crippen molar-refractivity contribution in [2.75, 3.05) is 25.0 Å². The number of aromatic nitrogens is 2. The van der Waals surface area contributed by atoms with E-state index in [0.717, 1.165) is 37.7 Å². The maximum Gasteiger partial charge on any atom is 0.291 e. The molecule has 0 amide bonds. The molecule has 2 fully saturated rings. The first-order valence-corrected chi connectivity index (χ1v) is 13.2. The summed E-state index contributed by atoms with van der Waals surface area (Å²) in [4.78, 5) is 17.0. The third-order valence-corrected chi connectivity index (χ3v) is 7.72. The molecule has 1 saturated heterocycles. The molecule has 0 spiro atoms. The van der Waals surface area contributed by atoms with Crippen LogP contribution in [0.15, 0.2) is 11.0 Å². The van der Waals surface area contributed by atoms with Crippen LogP contribution < -0.4 is 10.5 Å². The zero-order chi connectivity index (χ0) is 17.1. The van der Waals surface area contributed by atoms with Crippen LogP contribution in [0.3, 0.4) is 0 Å². The van der Waals surface area contributed by atoms with E-state index in [4.69, 9.17) is 11.6 Å². The molecule has 24 heavy (non-hydrogen) atoms. The van der Waals surface area contributed by atoms with Crippen LogP contribution in [-0.2, 0) is 0 Å². The quantitative estimate of drug-likeness (QED) is 0.482. The molecule has 5 nitrogen and oxygen atoms in total. The molecule has 1 aliphatic heterocycles. The molecule has 1 aliphatic carbocycles. The Labute approximate surface area is 163 Å². The Morgan fingerprint density at radius 3 is 2.46 bits per heavy atom. The summed E-state index contributed by atoms with van der Waals surface area (Å²) in [6, 6.07) is 1.40. The van der Waals surface area contributed by atoms with Crippen molar-refractivity contribution in [3.8, 4) is 0 Å². The first kappa shape index (κ1) is 18.9. The maximum absolute atomic E-state index is 12.2. The van der Waals surface area contributed by atoms with Crippen LogP contribution in [0.4, 0.5) is 5.69 Å². The van der Waals surface area contributed by atoms with E-state index in [1.165, 1.54) is 36.6 Å². The summed E-state index contributed by atoms with van der Waals surface area (Å²) < 4.78 is 1.43. The fourth-order valence-electron chi connectivity index (χ4n) is 4.01. The monoisotopic (exact) mass is 482 g/mol. The van der Waals surface area contributed by atoms with E-state index in [1.54, 1.807) is 6.20 Å². The number of hydrogen-bond donors (Lipinski definition) is 0. The third kappa shape index (κ3) is 4.08. The predicted molar refractivity (Wildman–Crippen MR) is 111 cm³/mol. The molecule has 0 bridgehead atoms. The molecule has 1 unspecified atom stereocenters. The van der Waals surface area contributed by atoms with Crippen molar-refractivity contribution < 1.29 is 0 Å². The van der Waals surface area contributed by atoms with Gasteiger partial charge in [0, 0.05) is 25.2 Å². The topological polar surface area (TPSA) is 41.4 Å². The van der Waals surface area contributed by atoms with Gasteiger partial charge in [0.05, 0.1) is 18.3 Å². The number of rotatable bonds is 4. The molecule has 2 aliphatic rings. The van der Waals surface area contributed by atoms with E-state index >= 15 is 0 Å². The summed E-state index contributed by atoms with van der Waals surface area (Å²) in [6.07, 6.45) is 11.1. The molecule has 0 aromatic carbocycles. The Balaban J connectivity index is 1.63. The van der Waals surface area contributed by atoms with Crippen LogP contribution in [0.1, 0.15) is 44.9 Å². The first-order valence-electron chi connectivity index (χ1n) is 8.73. The van der Waals surface area contributed by atoms with Gasteiger partial charge < -0.3 is 9.80 Å². The van der Waals surface area contributed by atoms with Crippen molar-refractivity contribution >= 4 is 45.7 Å². The van der Waals surface area contributed by atoms with E-state index in [0.29, 0.717) is 11.1 Å². The normalized spacial score (nSPS) is 21.2. The van der Waals surface area contributed by atoms with Gasteiger partial charge in [0.25, 0.3) is 5.56 Å². The summed E-state index contributed by atoms with van der Waals surface area (Å²) in [5, 5.41) is 4.55. The van der Waals surface area contributed by atoms with Crippen LogP contribution >= 0.6 is 40.0 Å². The average molecular weight is 483 g/mol. The van der Waals surface area contributed by atoms with Gasteiger partial charge in [-0.2, -0.15) is 5.10 Å². The molecule has 134 valence electrons. The van der Waals surface area contributed by atoms with Gasteiger partial charge in [0.1, 0.15) is 5.02 Å². The number of halogens is 2. The van der Waals surface area contributed by atoms with Crippen LogP contribution in [0.5, 0.6) is 0 Å². The summed E-state index contributed by atoms with van der Waals surface area (Å²) in [5.41, 5.74) is 0.620. The minimum Gasteiger partial charge on any atom is -0.369 e. The maximum atomic E-state index is 12.2. The molecule has 0 radical (unpaired) electrons. The molecular formula is C16H25ClIN4OP. The van der Waals surface area contributed by atoms with Gasteiger partial charge in [0.2, 0.25) is 0 Å². The van der Waals surface area contributed by atoms with Crippen molar-refractivity contribution in [3.63, 3.8) is 0 Å². The first-order chi connectivity index (χ1) is 11.6. The second-order valence-electron chi connectivity index (χ2n) is 6.82. The average Bonchev–Trinajstić information content (AvgIpc) is 2.64. The fourth-order valence-corrected chi connectivity index (χ4v) is 5.65. The van der Waals surface area contributed by atoms with Gasteiger partial charge in [-0.25, -0.2) is 4.45 Å². The van der Waals surface area contributed by atoms with Crippen molar-refractivity contribution in [1.29, 1.82) is 0 Å². The Bertz CT molecular complexity index is 615. The van der Waals surface area contributed by atoms with E-state index < -0.39 is 0 Å². The lowest BCUT2D eigenvalue weighted by Crippen LogP contribution is -2.48. The second kappa shape index (κ2) is 8.65. The highest BCUT2D eigenvalue weighted by molar-refractivity contribution is 14.2. The summed E-state index contributed by atoms with van der Waals surface area (Å²) in [5.74, 6) is 0. The lowest BCUT2D eigenvalue weighted by Gasteiger charge is -2.42. The number of piperidine rings is 1. The van der Waals surface area contributed by atoms with Gasteiger partial charge in [-0.05, 0) is 54.8 Å². The number of anilines is 1. The fraction of sp³-hybridized carbons (Fsp3) is 0.750. The van der Waals surface area contributed by atoms with E-state index in [9.17, 15) is 4.79 Å². The van der Waals surface area contributed by atoms with Crippen molar-refractivity contribution in [1.82, 2.24) is 14.5 Å². The standard InChI is InChI=1S/C16H25ClIN4OP/c1-20(12-5-3-2-4-6-12)13-7-9-21(10-8-13)14-11-19-22(24-18)16(23)15(14)17/h11-13,24H,2-10H2,1H3. The van der Waals surface area contributed by atoms with Gasteiger partial charge in [-0.3, -0.25) is 4.79 Å². The molecule has 1 aromatic rings. The van der Waals surface area contributed by atoms with Crippen LogP contribution in [0, 0.1) is 0 Å². The Morgan fingerprint density at radius 2 is 1.83 bits per heavy atom.